The zero-order valence-corrected chi connectivity index (χ0v) is 14.6. The van der Waals surface area contributed by atoms with Crippen molar-refractivity contribution in [1.82, 2.24) is 0 Å². The minimum Gasteiger partial charge on any atom is -0.372 e. The van der Waals surface area contributed by atoms with Gasteiger partial charge in [-0.1, -0.05) is 18.2 Å². The van der Waals surface area contributed by atoms with Gasteiger partial charge >= 0.3 is 0 Å². The number of nitro groups is 1. The van der Waals surface area contributed by atoms with Crippen LogP contribution in [-0.4, -0.2) is 29.6 Å². The molecule has 0 heterocycles. The fourth-order valence-corrected chi connectivity index (χ4v) is 3.21. The molecule has 1 aliphatic rings. The first-order valence-electron chi connectivity index (χ1n) is 8.41. The molecule has 2 aromatic carbocycles. The first kappa shape index (κ1) is 17.5. The minimum absolute atomic E-state index is 0.0783. The molecule has 26 heavy (non-hydrogen) atoms. The SMILES string of the molecule is CCN(CC)c1ccc(C2=CC(=O)c3c(cccc3[N+](=O)[O-])C2=O)cc1. The molecule has 2 aromatic rings. The van der Waals surface area contributed by atoms with Gasteiger partial charge in [0.1, 0.15) is 5.56 Å². The summed E-state index contributed by atoms with van der Waals surface area (Å²) in [6, 6.07) is 11.5. The second-order valence-corrected chi connectivity index (χ2v) is 5.93. The summed E-state index contributed by atoms with van der Waals surface area (Å²) < 4.78 is 0. The monoisotopic (exact) mass is 350 g/mol. The number of anilines is 1. The fourth-order valence-electron chi connectivity index (χ4n) is 3.21. The van der Waals surface area contributed by atoms with Crippen LogP contribution in [0.15, 0.2) is 48.5 Å². The molecule has 3 rings (SSSR count). The Hall–Kier alpha value is -3.28. The predicted octanol–water partition coefficient (Wildman–Crippen LogP) is 3.90. The molecule has 132 valence electrons. The lowest BCUT2D eigenvalue weighted by atomic mass is 9.85. The Morgan fingerprint density at radius 3 is 2.23 bits per heavy atom. The smallest absolute Gasteiger partial charge is 0.281 e. The number of ketones is 2. The normalized spacial score (nSPS) is 13.2. The summed E-state index contributed by atoms with van der Waals surface area (Å²) in [7, 11) is 0. The summed E-state index contributed by atoms with van der Waals surface area (Å²) in [5, 5.41) is 11.2. The lowest BCUT2D eigenvalue weighted by Gasteiger charge is -2.21. The number of hydrogen-bond donors (Lipinski definition) is 0. The number of carbonyl (C=O) groups excluding carboxylic acids is 2. The number of rotatable bonds is 5. The highest BCUT2D eigenvalue weighted by atomic mass is 16.6. The second-order valence-electron chi connectivity index (χ2n) is 5.93. The Morgan fingerprint density at radius 2 is 1.65 bits per heavy atom. The third kappa shape index (κ3) is 2.90. The fraction of sp³-hybridized carbons (Fsp3) is 0.200. The molecular weight excluding hydrogens is 332 g/mol. The highest BCUT2D eigenvalue weighted by Gasteiger charge is 2.32. The number of carbonyl (C=O) groups is 2. The van der Waals surface area contributed by atoms with Gasteiger partial charge < -0.3 is 4.90 Å². The van der Waals surface area contributed by atoms with Gasteiger partial charge in [-0.3, -0.25) is 19.7 Å². The topological polar surface area (TPSA) is 80.5 Å². The maximum absolute atomic E-state index is 12.8. The van der Waals surface area contributed by atoms with E-state index in [2.05, 4.69) is 18.7 Å². The van der Waals surface area contributed by atoms with E-state index in [4.69, 9.17) is 0 Å². The van der Waals surface area contributed by atoms with Crippen LogP contribution in [0, 0.1) is 10.1 Å². The van der Waals surface area contributed by atoms with Crippen LogP contribution >= 0.6 is 0 Å². The molecule has 1 aliphatic carbocycles. The Balaban J connectivity index is 2.02. The summed E-state index contributed by atoms with van der Waals surface area (Å²) in [5.74, 6) is -0.895. The standard InChI is InChI=1S/C20H18N2O4/c1-3-21(4-2)14-10-8-13(9-11-14)16-12-18(23)19-15(20(16)24)6-5-7-17(19)22(25)26/h5-12H,3-4H2,1-2H3. The molecule has 0 N–H and O–H groups in total. The average Bonchev–Trinajstić information content (AvgIpc) is 2.65. The summed E-state index contributed by atoms with van der Waals surface area (Å²) in [4.78, 5) is 38.0. The average molecular weight is 350 g/mol. The van der Waals surface area contributed by atoms with E-state index >= 15 is 0 Å². The molecule has 0 aromatic heterocycles. The van der Waals surface area contributed by atoms with Gasteiger partial charge in [0.2, 0.25) is 0 Å². The van der Waals surface area contributed by atoms with Crippen molar-refractivity contribution >= 4 is 28.5 Å². The van der Waals surface area contributed by atoms with E-state index < -0.39 is 10.7 Å². The first-order valence-corrected chi connectivity index (χ1v) is 8.41. The lowest BCUT2D eigenvalue weighted by Crippen LogP contribution is -2.21. The van der Waals surface area contributed by atoms with E-state index in [0.29, 0.717) is 5.56 Å². The zero-order chi connectivity index (χ0) is 18.8. The number of nitro benzene ring substituents is 1. The molecule has 0 radical (unpaired) electrons. The van der Waals surface area contributed by atoms with E-state index in [1.165, 1.54) is 24.3 Å². The van der Waals surface area contributed by atoms with Gasteiger partial charge in [0.25, 0.3) is 5.69 Å². The molecule has 0 aliphatic heterocycles. The molecular formula is C20H18N2O4. The molecule has 0 amide bonds. The number of hydrogen-bond acceptors (Lipinski definition) is 5. The number of fused-ring (bicyclic) bond motifs is 1. The first-order chi connectivity index (χ1) is 12.5. The predicted molar refractivity (Wildman–Crippen MR) is 99.7 cm³/mol. The van der Waals surface area contributed by atoms with Crippen LogP contribution in [0.4, 0.5) is 11.4 Å². The third-order valence-corrected chi connectivity index (χ3v) is 4.56. The van der Waals surface area contributed by atoms with Crippen molar-refractivity contribution in [1.29, 1.82) is 0 Å². The number of benzene rings is 2. The van der Waals surface area contributed by atoms with E-state index in [1.54, 1.807) is 12.1 Å². The lowest BCUT2D eigenvalue weighted by molar-refractivity contribution is -0.385. The molecule has 0 saturated heterocycles. The summed E-state index contributed by atoms with van der Waals surface area (Å²) in [5.41, 5.74) is 1.52. The van der Waals surface area contributed by atoms with Crippen LogP contribution in [0.5, 0.6) is 0 Å². The third-order valence-electron chi connectivity index (χ3n) is 4.56. The van der Waals surface area contributed by atoms with Crippen LogP contribution in [0.2, 0.25) is 0 Å². The van der Waals surface area contributed by atoms with Crippen LogP contribution in [0.1, 0.15) is 40.1 Å². The van der Waals surface area contributed by atoms with Gasteiger partial charge in [-0.15, -0.1) is 0 Å². The second kappa shape index (κ2) is 6.92. The molecule has 0 spiro atoms. The van der Waals surface area contributed by atoms with Crippen molar-refractivity contribution in [3.8, 4) is 0 Å². The van der Waals surface area contributed by atoms with Crippen LogP contribution in [-0.2, 0) is 0 Å². The Bertz CT molecular complexity index is 925. The highest BCUT2D eigenvalue weighted by Crippen LogP contribution is 2.33. The van der Waals surface area contributed by atoms with Gasteiger partial charge in [-0.25, -0.2) is 0 Å². The highest BCUT2D eigenvalue weighted by molar-refractivity contribution is 6.39. The Labute approximate surface area is 150 Å². The summed E-state index contributed by atoms with van der Waals surface area (Å²) >= 11 is 0. The van der Waals surface area contributed by atoms with E-state index in [-0.39, 0.29) is 28.2 Å². The summed E-state index contributed by atoms with van der Waals surface area (Å²) in [6.07, 6.45) is 1.20. The quantitative estimate of drug-likeness (QED) is 0.603. The number of nitrogens with zero attached hydrogens (tertiary/aromatic N) is 2. The van der Waals surface area contributed by atoms with Gasteiger partial charge in [-0.2, -0.15) is 0 Å². The zero-order valence-electron chi connectivity index (χ0n) is 14.6. The van der Waals surface area contributed by atoms with Gasteiger partial charge in [-0.05, 0) is 43.7 Å². The van der Waals surface area contributed by atoms with Crippen molar-refractivity contribution in [2.24, 2.45) is 0 Å². The van der Waals surface area contributed by atoms with Crippen LogP contribution in [0.25, 0.3) is 5.57 Å². The molecule has 0 atom stereocenters. The van der Waals surface area contributed by atoms with E-state index in [9.17, 15) is 19.7 Å². The van der Waals surface area contributed by atoms with E-state index in [0.717, 1.165) is 18.8 Å². The maximum Gasteiger partial charge on any atom is 0.281 e. The van der Waals surface area contributed by atoms with Crippen molar-refractivity contribution < 1.29 is 14.5 Å². The summed E-state index contributed by atoms with van der Waals surface area (Å²) in [6.45, 7) is 5.86. The maximum atomic E-state index is 12.8. The van der Waals surface area contributed by atoms with Crippen molar-refractivity contribution in [2.45, 2.75) is 13.8 Å². The van der Waals surface area contributed by atoms with Crippen molar-refractivity contribution in [2.75, 3.05) is 18.0 Å². The van der Waals surface area contributed by atoms with Gasteiger partial charge in [0.15, 0.2) is 11.6 Å². The van der Waals surface area contributed by atoms with Crippen molar-refractivity contribution in [3.63, 3.8) is 0 Å². The molecule has 0 bridgehead atoms. The van der Waals surface area contributed by atoms with E-state index in [1.807, 2.05) is 12.1 Å². The molecule has 0 saturated carbocycles. The Kier molecular flexibility index (Phi) is 4.67. The molecule has 6 nitrogen and oxygen atoms in total. The van der Waals surface area contributed by atoms with Gasteiger partial charge in [0.05, 0.1) is 4.92 Å². The molecule has 0 fully saturated rings. The molecule has 0 unspecified atom stereocenters. The molecule has 6 heteroatoms. The van der Waals surface area contributed by atoms with Crippen molar-refractivity contribution in [3.05, 3.63) is 75.3 Å². The van der Waals surface area contributed by atoms with Crippen LogP contribution < -0.4 is 4.90 Å². The van der Waals surface area contributed by atoms with Crippen LogP contribution in [0.3, 0.4) is 0 Å². The largest absolute Gasteiger partial charge is 0.372 e. The van der Waals surface area contributed by atoms with Gasteiger partial charge in [0, 0.05) is 36.0 Å². The minimum atomic E-state index is -0.637. The number of allylic oxidation sites excluding steroid dienone is 2. The Morgan fingerprint density at radius 1 is 1.00 bits per heavy atom. The number of Topliss-reactive ketones (excluding diaryl/α,β-unsaturated/α-hetero) is 1.